The van der Waals surface area contributed by atoms with Gasteiger partial charge in [0, 0.05) is 12.4 Å². The summed E-state index contributed by atoms with van der Waals surface area (Å²) in [6.45, 7) is 1.86. The van der Waals surface area contributed by atoms with Crippen LogP contribution in [0.15, 0.2) is 30.9 Å². The Balaban J connectivity index is 2.45. The van der Waals surface area contributed by atoms with Crippen LogP contribution in [0.2, 0.25) is 0 Å². The molecule has 0 radical (unpaired) electrons. The molecule has 0 N–H and O–H groups in total. The molecule has 0 aliphatic rings. The van der Waals surface area contributed by atoms with Crippen LogP contribution in [0.3, 0.4) is 0 Å². The van der Waals surface area contributed by atoms with Crippen molar-refractivity contribution in [2.45, 2.75) is 6.92 Å². The Morgan fingerprint density at radius 3 is 2.58 bits per heavy atom. The number of nitrogens with zero attached hydrogens (tertiary/aromatic N) is 4. The molecule has 0 aliphatic heterocycles. The van der Waals surface area contributed by atoms with Crippen molar-refractivity contribution in [1.82, 2.24) is 19.7 Å². The molecule has 60 valence electrons. The molecule has 2 aromatic heterocycles. The number of aryl methyl sites for hydroxylation is 1. The first-order chi connectivity index (χ1) is 5.86. The lowest BCUT2D eigenvalue weighted by atomic mass is 10.4. The third-order valence-corrected chi connectivity index (χ3v) is 1.53. The van der Waals surface area contributed by atoms with Crippen LogP contribution in [0, 0.1) is 6.92 Å². The quantitative estimate of drug-likeness (QED) is 0.624. The Kier molecular flexibility index (Phi) is 1.59. The molecule has 0 atom stereocenters. The topological polar surface area (TPSA) is 43.6 Å². The van der Waals surface area contributed by atoms with Crippen molar-refractivity contribution in [3.05, 3.63) is 36.7 Å². The van der Waals surface area contributed by atoms with Crippen LogP contribution >= 0.6 is 0 Å². The van der Waals surface area contributed by atoms with Crippen molar-refractivity contribution < 1.29 is 0 Å². The maximum Gasteiger partial charge on any atom is 0.147 e. The highest BCUT2D eigenvalue weighted by Crippen LogP contribution is 2.02. The SMILES string of the molecule is Cc1ncn(-c2ccncc2)n1. The first-order valence-electron chi connectivity index (χ1n) is 3.65. The Hall–Kier alpha value is -1.71. The van der Waals surface area contributed by atoms with Gasteiger partial charge in [-0.1, -0.05) is 0 Å². The molecule has 0 bridgehead atoms. The largest absolute Gasteiger partial charge is 0.265 e. The molecule has 2 rings (SSSR count). The van der Waals surface area contributed by atoms with Gasteiger partial charge in [-0.2, -0.15) is 5.10 Å². The number of pyridine rings is 1. The van der Waals surface area contributed by atoms with E-state index < -0.39 is 0 Å². The van der Waals surface area contributed by atoms with Gasteiger partial charge < -0.3 is 0 Å². The van der Waals surface area contributed by atoms with Crippen molar-refractivity contribution in [3.8, 4) is 5.69 Å². The summed E-state index contributed by atoms with van der Waals surface area (Å²) in [6.07, 6.45) is 5.14. The molecule has 0 fully saturated rings. The molecule has 0 saturated heterocycles. The Labute approximate surface area is 69.9 Å². The normalized spacial score (nSPS) is 10.1. The highest BCUT2D eigenvalue weighted by Gasteiger charge is 1.96. The molecule has 2 aromatic rings. The van der Waals surface area contributed by atoms with Crippen molar-refractivity contribution in [2.24, 2.45) is 0 Å². The van der Waals surface area contributed by atoms with Gasteiger partial charge in [-0.15, -0.1) is 0 Å². The summed E-state index contributed by atoms with van der Waals surface area (Å²) in [5.41, 5.74) is 0.977. The van der Waals surface area contributed by atoms with Gasteiger partial charge in [0.15, 0.2) is 0 Å². The summed E-state index contributed by atoms with van der Waals surface area (Å²) in [4.78, 5) is 7.94. The lowest BCUT2D eigenvalue weighted by Gasteiger charge is -1.96. The number of hydrogen-bond donors (Lipinski definition) is 0. The first kappa shape index (κ1) is 6.97. The van der Waals surface area contributed by atoms with Crippen LogP contribution in [0.25, 0.3) is 5.69 Å². The second kappa shape index (κ2) is 2.73. The van der Waals surface area contributed by atoms with Crippen molar-refractivity contribution in [2.75, 3.05) is 0 Å². The van der Waals surface area contributed by atoms with Crippen LogP contribution in [-0.4, -0.2) is 19.7 Å². The summed E-state index contributed by atoms with van der Waals surface area (Å²) in [5, 5.41) is 4.16. The van der Waals surface area contributed by atoms with Gasteiger partial charge in [0.25, 0.3) is 0 Å². The third-order valence-electron chi connectivity index (χ3n) is 1.53. The van der Waals surface area contributed by atoms with E-state index >= 15 is 0 Å². The molecule has 0 aliphatic carbocycles. The summed E-state index contributed by atoms with van der Waals surface area (Å²) in [7, 11) is 0. The fourth-order valence-corrected chi connectivity index (χ4v) is 0.967. The fourth-order valence-electron chi connectivity index (χ4n) is 0.967. The zero-order chi connectivity index (χ0) is 8.39. The molecule has 0 spiro atoms. The zero-order valence-corrected chi connectivity index (χ0v) is 6.68. The van der Waals surface area contributed by atoms with Gasteiger partial charge in [0.1, 0.15) is 12.2 Å². The van der Waals surface area contributed by atoms with Crippen LogP contribution in [0.5, 0.6) is 0 Å². The first-order valence-corrected chi connectivity index (χ1v) is 3.65. The molecular formula is C8H8N4. The van der Waals surface area contributed by atoms with Gasteiger partial charge in [-0.25, -0.2) is 9.67 Å². The lowest BCUT2D eigenvalue weighted by molar-refractivity contribution is 0.860. The number of rotatable bonds is 1. The van der Waals surface area contributed by atoms with Crippen LogP contribution < -0.4 is 0 Å². The van der Waals surface area contributed by atoms with E-state index in [1.165, 1.54) is 0 Å². The molecule has 0 saturated carbocycles. The second-order valence-corrected chi connectivity index (χ2v) is 2.44. The second-order valence-electron chi connectivity index (χ2n) is 2.44. The van der Waals surface area contributed by atoms with Crippen molar-refractivity contribution in [3.63, 3.8) is 0 Å². The van der Waals surface area contributed by atoms with Crippen LogP contribution in [-0.2, 0) is 0 Å². The zero-order valence-electron chi connectivity index (χ0n) is 6.68. The molecule has 0 amide bonds. The molecule has 0 aromatic carbocycles. The molecule has 0 unspecified atom stereocenters. The smallest absolute Gasteiger partial charge is 0.147 e. The third kappa shape index (κ3) is 1.18. The average molecular weight is 160 g/mol. The molecule has 12 heavy (non-hydrogen) atoms. The Morgan fingerprint density at radius 2 is 2.00 bits per heavy atom. The Morgan fingerprint density at radius 1 is 1.25 bits per heavy atom. The predicted molar refractivity (Wildman–Crippen MR) is 43.9 cm³/mol. The summed E-state index contributed by atoms with van der Waals surface area (Å²) in [6, 6.07) is 3.77. The van der Waals surface area contributed by atoms with E-state index in [0.717, 1.165) is 11.5 Å². The monoisotopic (exact) mass is 160 g/mol. The van der Waals surface area contributed by atoms with Crippen LogP contribution in [0.1, 0.15) is 5.82 Å². The van der Waals surface area contributed by atoms with E-state index in [1.54, 1.807) is 23.4 Å². The van der Waals surface area contributed by atoms with Gasteiger partial charge in [0.2, 0.25) is 0 Å². The minimum Gasteiger partial charge on any atom is -0.265 e. The minimum atomic E-state index is 0.770. The standard InChI is InChI=1S/C8H8N4/c1-7-10-6-12(11-7)8-2-4-9-5-3-8/h2-6H,1H3. The summed E-state index contributed by atoms with van der Waals surface area (Å²) in [5.74, 6) is 0.770. The minimum absolute atomic E-state index is 0.770. The van der Waals surface area contributed by atoms with E-state index in [4.69, 9.17) is 0 Å². The van der Waals surface area contributed by atoms with Crippen molar-refractivity contribution in [1.29, 1.82) is 0 Å². The number of aromatic nitrogens is 4. The maximum absolute atomic E-state index is 4.16. The lowest BCUT2D eigenvalue weighted by Crippen LogP contribution is -1.94. The van der Waals surface area contributed by atoms with E-state index in [0.29, 0.717) is 0 Å². The van der Waals surface area contributed by atoms with Gasteiger partial charge >= 0.3 is 0 Å². The average Bonchev–Trinajstić information content (AvgIpc) is 2.54. The maximum atomic E-state index is 4.16. The number of hydrogen-bond acceptors (Lipinski definition) is 3. The Bertz CT molecular complexity index is 366. The fraction of sp³-hybridized carbons (Fsp3) is 0.125. The van der Waals surface area contributed by atoms with Gasteiger partial charge in [0.05, 0.1) is 5.69 Å². The van der Waals surface area contributed by atoms with Gasteiger partial charge in [-0.05, 0) is 19.1 Å². The highest BCUT2D eigenvalue weighted by molar-refractivity contribution is 5.26. The highest BCUT2D eigenvalue weighted by atomic mass is 15.3. The molecule has 4 nitrogen and oxygen atoms in total. The van der Waals surface area contributed by atoms with E-state index in [2.05, 4.69) is 15.1 Å². The summed E-state index contributed by atoms with van der Waals surface area (Å²) < 4.78 is 1.72. The van der Waals surface area contributed by atoms with Crippen LogP contribution in [0.4, 0.5) is 0 Å². The predicted octanol–water partition coefficient (Wildman–Crippen LogP) is 0.971. The molecular weight excluding hydrogens is 152 g/mol. The molecule has 2 heterocycles. The van der Waals surface area contributed by atoms with E-state index in [9.17, 15) is 0 Å². The van der Waals surface area contributed by atoms with E-state index in [-0.39, 0.29) is 0 Å². The van der Waals surface area contributed by atoms with Gasteiger partial charge in [-0.3, -0.25) is 4.98 Å². The summed E-state index contributed by atoms with van der Waals surface area (Å²) >= 11 is 0. The van der Waals surface area contributed by atoms with E-state index in [1.807, 2.05) is 19.1 Å². The van der Waals surface area contributed by atoms with Crippen molar-refractivity contribution >= 4 is 0 Å². The molecule has 4 heteroatoms.